The molecule has 1 heterocycles. The molecule has 3 aromatic carbocycles. The number of ketones is 2. The maximum absolute atomic E-state index is 12.8. The second-order valence-electron chi connectivity index (χ2n) is 7.23. The van der Waals surface area contributed by atoms with Crippen molar-refractivity contribution in [3.63, 3.8) is 0 Å². The van der Waals surface area contributed by atoms with Crippen molar-refractivity contribution in [3.8, 4) is 17.2 Å². The van der Waals surface area contributed by atoms with Crippen LogP contribution in [-0.2, 0) is 0 Å². The van der Waals surface area contributed by atoms with E-state index in [1.807, 2.05) is 50.2 Å². The number of carbonyl (C=O) groups is 2. The fourth-order valence-corrected chi connectivity index (χ4v) is 3.63. The smallest absolute Gasteiger partial charge is 0.231 e. The van der Waals surface area contributed by atoms with Gasteiger partial charge in [0.25, 0.3) is 0 Å². The van der Waals surface area contributed by atoms with Gasteiger partial charge in [-0.15, -0.1) is 0 Å². The molecule has 0 aliphatic carbocycles. The van der Waals surface area contributed by atoms with Gasteiger partial charge >= 0.3 is 0 Å². The zero-order chi connectivity index (χ0) is 22.7. The lowest BCUT2D eigenvalue weighted by Crippen LogP contribution is -2.12. The molecule has 0 amide bonds. The molecule has 0 aromatic heterocycles. The minimum atomic E-state index is -0.186. The van der Waals surface area contributed by atoms with Crippen molar-refractivity contribution in [3.05, 3.63) is 93.1 Å². The lowest BCUT2D eigenvalue weighted by Gasteiger charge is -2.11. The molecule has 0 bridgehead atoms. The van der Waals surface area contributed by atoms with Gasteiger partial charge in [-0.05, 0) is 61.9 Å². The molecular weight excluding hydrogens is 472 g/mol. The molecule has 5 nitrogen and oxygen atoms in total. The van der Waals surface area contributed by atoms with E-state index in [4.69, 9.17) is 14.2 Å². The van der Waals surface area contributed by atoms with Crippen molar-refractivity contribution in [2.24, 2.45) is 0 Å². The lowest BCUT2D eigenvalue weighted by atomic mass is 10.1. The summed E-state index contributed by atoms with van der Waals surface area (Å²) in [6.45, 7) is 4.22. The van der Waals surface area contributed by atoms with E-state index in [9.17, 15) is 9.59 Å². The van der Waals surface area contributed by atoms with Crippen LogP contribution in [0, 0.1) is 6.92 Å². The first kappa shape index (κ1) is 21.8. The predicted molar refractivity (Wildman–Crippen MR) is 126 cm³/mol. The number of Topliss-reactive ketones (excluding diaryl/α,β-unsaturated/α-hetero) is 2. The van der Waals surface area contributed by atoms with Crippen LogP contribution in [0.1, 0.15) is 38.8 Å². The Bertz CT molecular complexity index is 1190. The number of rotatable bonds is 7. The lowest BCUT2D eigenvalue weighted by molar-refractivity contribution is 0.0920. The SMILES string of the molecule is CCOc1ccc(/C=C2\Oc3c(ccc(OCC(=O)c4ccc(Br)cc4)c3C)C2=O)cc1. The van der Waals surface area contributed by atoms with Crippen LogP contribution in [0.5, 0.6) is 17.2 Å². The van der Waals surface area contributed by atoms with Crippen LogP contribution in [-0.4, -0.2) is 24.8 Å². The highest BCUT2D eigenvalue weighted by atomic mass is 79.9. The van der Waals surface area contributed by atoms with Crippen molar-refractivity contribution in [2.75, 3.05) is 13.2 Å². The first-order valence-corrected chi connectivity index (χ1v) is 11.0. The van der Waals surface area contributed by atoms with E-state index < -0.39 is 0 Å². The molecule has 162 valence electrons. The summed E-state index contributed by atoms with van der Waals surface area (Å²) in [4.78, 5) is 25.2. The summed E-state index contributed by atoms with van der Waals surface area (Å²) in [6, 6.07) is 17.9. The molecule has 6 heteroatoms. The highest BCUT2D eigenvalue weighted by Gasteiger charge is 2.30. The molecule has 3 aromatic rings. The van der Waals surface area contributed by atoms with Gasteiger partial charge in [-0.1, -0.05) is 40.2 Å². The standard InChI is InChI=1S/C26H21BrO5/c1-3-30-20-10-4-17(5-11-20)14-24-25(29)21-12-13-23(16(2)26(21)32-24)31-15-22(28)18-6-8-19(27)9-7-18/h4-14H,3,15H2,1-2H3/b24-14-. The minimum Gasteiger partial charge on any atom is -0.494 e. The van der Waals surface area contributed by atoms with Gasteiger partial charge in [0, 0.05) is 15.6 Å². The monoisotopic (exact) mass is 492 g/mol. The second kappa shape index (κ2) is 9.40. The van der Waals surface area contributed by atoms with E-state index in [1.54, 1.807) is 30.3 Å². The van der Waals surface area contributed by atoms with Crippen molar-refractivity contribution < 1.29 is 23.8 Å². The maximum atomic E-state index is 12.8. The summed E-state index contributed by atoms with van der Waals surface area (Å²) in [5.41, 5.74) is 2.55. The van der Waals surface area contributed by atoms with Crippen LogP contribution in [0.4, 0.5) is 0 Å². The van der Waals surface area contributed by atoms with E-state index in [0.29, 0.717) is 34.8 Å². The van der Waals surface area contributed by atoms with Crippen LogP contribution >= 0.6 is 15.9 Å². The Morgan fingerprint density at radius 2 is 1.72 bits per heavy atom. The predicted octanol–water partition coefficient (Wildman–Crippen LogP) is 6.03. The number of carbonyl (C=O) groups excluding carboxylic acids is 2. The highest BCUT2D eigenvalue weighted by molar-refractivity contribution is 9.10. The first-order valence-electron chi connectivity index (χ1n) is 10.2. The van der Waals surface area contributed by atoms with Crippen LogP contribution in [0.3, 0.4) is 0 Å². The fourth-order valence-electron chi connectivity index (χ4n) is 3.37. The molecule has 1 aliphatic rings. The molecule has 0 saturated carbocycles. The zero-order valence-corrected chi connectivity index (χ0v) is 19.3. The van der Waals surface area contributed by atoms with Crippen molar-refractivity contribution in [2.45, 2.75) is 13.8 Å². The molecule has 0 saturated heterocycles. The van der Waals surface area contributed by atoms with Gasteiger partial charge in [-0.2, -0.15) is 0 Å². The van der Waals surface area contributed by atoms with E-state index in [1.165, 1.54) is 0 Å². The zero-order valence-electron chi connectivity index (χ0n) is 17.7. The number of allylic oxidation sites excluding steroid dienone is 1. The number of hydrogen-bond donors (Lipinski definition) is 0. The fraction of sp³-hybridized carbons (Fsp3) is 0.154. The molecule has 0 radical (unpaired) electrons. The second-order valence-corrected chi connectivity index (χ2v) is 8.14. The molecule has 0 atom stereocenters. The van der Waals surface area contributed by atoms with E-state index in [2.05, 4.69) is 15.9 Å². The van der Waals surface area contributed by atoms with E-state index in [-0.39, 0.29) is 23.9 Å². The molecule has 0 fully saturated rings. The van der Waals surface area contributed by atoms with Crippen molar-refractivity contribution in [1.82, 2.24) is 0 Å². The van der Waals surface area contributed by atoms with Crippen LogP contribution < -0.4 is 14.2 Å². The van der Waals surface area contributed by atoms with Crippen LogP contribution in [0.25, 0.3) is 6.08 Å². The van der Waals surface area contributed by atoms with Gasteiger partial charge in [-0.3, -0.25) is 9.59 Å². The molecule has 1 aliphatic heterocycles. The number of fused-ring (bicyclic) bond motifs is 1. The average molecular weight is 493 g/mol. The highest BCUT2D eigenvalue weighted by Crippen LogP contribution is 2.39. The summed E-state index contributed by atoms with van der Waals surface area (Å²) >= 11 is 3.35. The third kappa shape index (κ3) is 4.60. The Labute approximate surface area is 194 Å². The number of benzene rings is 3. The Kier molecular flexibility index (Phi) is 6.42. The first-order chi connectivity index (χ1) is 15.5. The molecule has 4 rings (SSSR count). The number of hydrogen-bond acceptors (Lipinski definition) is 5. The third-order valence-electron chi connectivity index (χ3n) is 5.05. The molecule has 0 N–H and O–H groups in total. The number of ether oxygens (including phenoxy) is 3. The quantitative estimate of drug-likeness (QED) is 0.297. The van der Waals surface area contributed by atoms with Gasteiger partial charge in [-0.25, -0.2) is 0 Å². The van der Waals surface area contributed by atoms with Gasteiger partial charge in [0.05, 0.1) is 12.2 Å². The minimum absolute atomic E-state index is 0.107. The Hall–Kier alpha value is -3.38. The van der Waals surface area contributed by atoms with Gasteiger partial charge in [0.2, 0.25) is 5.78 Å². The summed E-state index contributed by atoms with van der Waals surface area (Å²) in [7, 11) is 0. The van der Waals surface area contributed by atoms with Gasteiger partial charge < -0.3 is 14.2 Å². The molecule has 0 unspecified atom stereocenters. The number of halogens is 1. The summed E-state index contributed by atoms with van der Waals surface area (Å²) in [5.74, 6) is 1.66. The van der Waals surface area contributed by atoms with Gasteiger partial charge in [0.15, 0.2) is 18.1 Å². The summed E-state index contributed by atoms with van der Waals surface area (Å²) in [6.07, 6.45) is 1.70. The molecule has 0 spiro atoms. The Balaban J connectivity index is 1.49. The Morgan fingerprint density at radius 3 is 2.41 bits per heavy atom. The maximum Gasteiger partial charge on any atom is 0.231 e. The Morgan fingerprint density at radius 1 is 1.00 bits per heavy atom. The molecular formula is C26H21BrO5. The average Bonchev–Trinajstić information content (AvgIpc) is 3.11. The van der Waals surface area contributed by atoms with E-state index >= 15 is 0 Å². The van der Waals surface area contributed by atoms with Crippen LogP contribution in [0.15, 0.2) is 70.9 Å². The van der Waals surface area contributed by atoms with Crippen molar-refractivity contribution >= 4 is 33.6 Å². The van der Waals surface area contributed by atoms with E-state index in [0.717, 1.165) is 15.8 Å². The van der Waals surface area contributed by atoms with Crippen molar-refractivity contribution in [1.29, 1.82) is 0 Å². The summed E-state index contributed by atoms with van der Waals surface area (Å²) < 4.78 is 18.0. The largest absolute Gasteiger partial charge is 0.494 e. The third-order valence-corrected chi connectivity index (χ3v) is 5.58. The molecule has 32 heavy (non-hydrogen) atoms. The normalized spacial score (nSPS) is 13.6. The van der Waals surface area contributed by atoms with Crippen LogP contribution in [0.2, 0.25) is 0 Å². The topological polar surface area (TPSA) is 61.8 Å². The summed E-state index contributed by atoms with van der Waals surface area (Å²) in [5, 5.41) is 0. The van der Waals surface area contributed by atoms with Gasteiger partial charge in [0.1, 0.15) is 17.2 Å².